The van der Waals surface area contributed by atoms with E-state index in [0.717, 1.165) is 10.9 Å². The molecule has 2 aromatic rings. The van der Waals surface area contributed by atoms with Gasteiger partial charge in [-0.25, -0.2) is 4.79 Å². The number of rotatable bonds is 0. The number of phenols is 1. The number of hydrogen-bond acceptors (Lipinski definition) is 5. The molecule has 1 aromatic heterocycles. The SMILES string of the molecule is Cc1c(C)c2ccc(O)cc2oc1=O.O=S(=O)(O)C(F)(F)F. The highest BCUT2D eigenvalue weighted by Gasteiger charge is 2.44. The predicted molar refractivity (Wildman–Crippen MR) is 71.2 cm³/mol. The first-order chi connectivity index (χ1) is 9.84. The molecule has 0 aliphatic heterocycles. The van der Waals surface area contributed by atoms with Crippen molar-refractivity contribution in [3.8, 4) is 5.75 Å². The summed E-state index contributed by atoms with van der Waals surface area (Å²) in [6, 6.07) is 4.77. The monoisotopic (exact) mass is 340 g/mol. The van der Waals surface area contributed by atoms with Gasteiger partial charge >= 0.3 is 21.3 Å². The van der Waals surface area contributed by atoms with Crippen molar-refractivity contribution in [2.45, 2.75) is 19.4 Å². The fourth-order valence-corrected chi connectivity index (χ4v) is 1.44. The molecule has 0 saturated heterocycles. The topological polar surface area (TPSA) is 105 Å². The van der Waals surface area contributed by atoms with E-state index in [9.17, 15) is 23.1 Å². The van der Waals surface area contributed by atoms with E-state index < -0.39 is 15.6 Å². The van der Waals surface area contributed by atoms with Gasteiger partial charge < -0.3 is 9.52 Å². The lowest BCUT2D eigenvalue weighted by Crippen LogP contribution is -2.21. The zero-order chi connectivity index (χ0) is 17.3. The summed E-state index contributed by atoms with van der Waals surface area (Å²) in [6.07, 6.45) is 0. The maximum Gasteiger partial charge on any atom is 0.522 e. The number of phenolic OH excluding ortho intramolecular Hbond substituents is 1. The number of aryl methyl sites for hydroxylation is 1. The largest absolute Gasteiger partial charge is 0.522 e. The maximum absolute atomic E-state index is 11.3. The number of aromatic hydroxyl groups is 1. The Labute approximate surface area is 122 Å². The van der Waals surface area contributed by atoms with Gasteiger partial charge in [-0.3, -0.25) is 4.55 Å². The first kappa shape index (κ1) is 18.0. The van der Waals surface area contributed by atoms with Crippen molar-refractivity contribution < 1.29 is 35.7 Å². The summed E-state index contributed by atoms with van der Waals surface area (Å²) in [5.41, 5.74) is -3.94. The van der Waals surface area contributed by atoms with Crippen LogP contribution in [0.1, 0.15) is 11.1 Å². The van der Waals surface area contributed by atoms with Gasteiger partial charge in [-0.1, -0.05) is 0 Å². The van der Waals surface area contributed by atoms with Crippen molar-refractivity contribution in [2.24, 2.45) is 0 Å². The van der Waals surface area contributed by atoms with E-state index in [-0.39, 0.29) is 11.4 Å². The van der Waals surface area contributed by atoms with Crippen molar-refractivity contribution in [1.29, 1.82) is 0 Å². The molecule has 0 radical (unpaired) electrons. The molecule has 1 aromatic carbocycles. The minimum absolute atomic E-state index is 0.101. The van der Waals surface area contributed by atoms with Crippen LogP contribution < -0.4 is 5.63 Å². The molecule has 0 bridgehead atoms. The van der Waals surface area contributed by atoms with Crippen LogP contribution in [0.3, 0.4) is 0 Å². The van der Waals surface area contributed by atoms with Crippen molar-refractivity contribution in [2.75, 3.05) is 0 Å². The number of benzene rings is 1. The van der Waals surface area contributed by atoms with Crippen molar-refractivity contribution >= 4 is 21.1 Å². The van der Waals surface area contributed by atoms with Gasteiger partial charge in [0.05, 0.1) is 0 Å². The van der Waals surface area contributed by atoms with Gasteiger partial charge in [-0.05, 0) is 31.5 Å². The standard InChI is InChI=1S/C11H10O3.CHF3O3S/c1-6-7(2)11(13)14-10-5-8(12)3-4-9(6)10;2-1(3,4)8(5,6)7/h3-5,12H,1-2H3;(H,5,6,7). The second-order valence-corrected chi connectivity index (χ2v) is 5.65. The molecule has 0 fully saturated rings. The molecular formula is C12H11F3O6S. The number of fused-ring (bicyclic) bond motifs is 1. The van der Waals surface area contributed by atoms with Crippen LogP contribution in [0.4, 0.5) is 13.2 Å². The Kier molecular flexibility index (Phi) is 4.88. The quantitative estimate of drug-likeness (QED) is 0.434. The van der Waals surface area contributed by atoms with E-state index in [1.165, 1.54) is 6.07 Å². The van der Waals surface area contributed by atoms with E-state index >= 15 is 0 Å². The van der Waals surface area contributed by atoms with Crippen molar-refractivity contribution in [3.63, 3.8) is 0 Å². The maximum atomic E-state index is 11.3. The molecule has 0 unspecified atom stereocenters. The zero-order valence-corrected chi connectivity index (χ0v) is 12.1. The lowest BCUT2D eigenvalue weighted by atomic mass is 10.1. The van der Waals surface area contributed by atoms with Crippen LogP contribution in [-0.4, -0.2) is 23.6 Å². The molecule has 0 saturated carbocycles. The summed E-state index contributed by atoms with van der Waals surface area (Å²) in [6.45, 7) is 3.60. The summed E-state index contributed by atoms with van der Waals surface area (Å²) >= 11 is 0. The molecule has 22 heavy (non-hydrogen) atoms. The van der Waals surface area contributed by atoms with E-state index in [4.69, 9.17) is 17.4 Å². The highest BCUT2D eigenvalue weighted by Crippen LogP contribution is 2.22. The Hall–Kier alpha value is -2.07. The second-order valence-electron chi connectivity index (χ2n) is 4.24. The predicted octanol–water partition coefficient (Wildman–Crippen LogP) is 2.51. The van der Waals surface area contributed by atoms with E-state index in [0.29, 0.717) is 11.1 Å². The molecule has 1 heterocycles. The van der Waals surface area contributed by atoms with Crippen LogP contribution >= 0.6 is 0 Å². The van der Waals surface area contributed by atoms with Crippen LogP contribution in [0, 0.1) is 13.8 Å². The van der Waals surface area contributed by atoms with Gasteiger partial charge in [0.2, 0.25) is 0 Å². The summed E-state index contributed by atoms with van der Waals surface area (Å²) in [4.78, 5) is 11.3. The molecular weight excluding hydrogens is 329 g/mol. The second kappa shape index (κ2) is 5.97. The fourth-order valence-electron chi connectivity index (χ4n) is 1.44. The third-order valence-electron chi connectivity index (χ3n) is 2.73. The van der Waals surface area contributed by atoms with Crippen LogP contribution in [0.5, 0.6) is 5.75 Å². The highest BCUT2D eigenvalue weighted by molar-refractivity contribution is 7.86. The summed E-state index contributed by atoms with van der Waals surface area (Å²) in [7, 11) is -5.84. The van der Waals surface area contributed by atoms with E-state index in [2.05, 4.69) is 0 Å². The third-order valence-corrected chi connectivity index (χ3v) is 3.32. The molecule has 0 spiro atoms. The Bertz CT molecular complexity index is 852. The third kappa shape index (κ3) is 3.98. The van der Waals surface area contributed by atoms with Gasteiger partial charge in [0.15, 0.2) is 0 Å². The average molecular weight is 340 g/mol. The minimum Gasteiger partial charge on any atom is -0.508 e. The molecule has 122 valence electrons. The highest BCUT2D eigenvalue weighted by atomic mass is 32.2. The summed E-state index contributed by atoms with van der Waals surface area (Å²) in [5.74, 6) is 0.101. The average Bonchev–Trinajstić information content (AvgIpc) is 2.34. The molecule has 6 nitrogen and oxygen atoms in total. The smallest absolute Gasteiger partial charge is 0.508 e. The Morgan fingerprint density at radius 2 is 1.64 bits per heavy atom. The number of hydrogen-bond donors (Lipinski definition) is 2. The molecule has 2 rings (SSSR count). The van der Waals surface area contributed by atoms with Gasteiger partial charge in [0.1, 0.15) is 11.3 Å². The normalized spacial score (nSPS) is 11.9. The molecule has 0 amide bonds. The molecule has 10 heteroatoms. The van der Waals surface area contributed by atoms with Gasteiger partial charge in [0, 0.05) is 17.0 Å². The van der Waals surface area contributed by atoms with Gasteiger partial charge in [-0.15, -0.1) is 0 Å². The lowest BCUT2D eigenvalue weighted by Gasteiger charge is -2.03. The van der Waals surface area contributed by atoms with E-state index in [1.54, 1.807) is 19.1 Å². The minimum atomic E-state index is -5.84. The zero-order valence-electron chi connectivity index (χ0n) is 11.3. The van der Waals surface area contributed by atoms with Crippen LogP contribution in [-0.2, 0) is 10.1 Å². The van der Waals surface area contributed by atoms with Gasteiger partial charge in [-0.2, -0.15) is 21.6 Å². The number of alkyl halides is 3. The number of halogens is 3. The summed E-state index contributed by atoms with van der Waals surface area (Å²) in [5, 5.41) is 10.1. The first-order valence-electron chi connectivity index (χ1n) is 5.61. The van der Waals surface area contributed by atoms with Crippen LogP contribution in [0.15, 0.2) is 27.4 Å². The lowest BCUT2D eigenvalue weighted by molar-refractivity contribution is -0.0510. The molecule has 0 aliphatic rings. The summed E-state index contributed by atoms with van der Waals surface area (Å²) < 4.78 is 62.6. The fraction of sp³-hybridized carbons (Fsp3) is 0.250. The molecule has 0 atom stereocenters. The van der Waals surface area contributed by atoms with E-state index in [1.807, 2.05) is 6.92 Å². The van der Waals surface area contributed by atoms with Crippen molar-refractivity contribution in [1.82, 2.24) is 0 Å². The Balaban J connectivity index is 0.000000261. The first-order valence-corrected chi connectivity index (χ1v) is 7.05. The molecule has 0 aliphatic carbocycles. The van der Waals surface area contributed by atoms with Crippen LogP contribution in [0.2, 0.25) is 0 Å². The Morgan fingerprint density at radius 1 is 1.14 bits per heavy atom. The van der Waals surface area contributed by atoms with Crippen LogP contribution in [0.25, 0.3) is 11.0 Å². The van der Waals surface area contributed by atoms with Crippen molar-refractivity contribution in [3.05, 3.63) is 39.7 Å². The molecule has 2 N–H and O–H groups in total. The Morgan fingerprint density at radius 3 is 2.09 bits per heavy atom. The van der Waals surface area contributed by atoms with Gasteiger partial charge in [0.25, 0.3) is 0 Å².